The molecule has 1 aliphatic rings. The Bertz CT molecular complexity index is 870. The topological polar surface area (TPSA) is 132 Å². The van der Waals surface area contributed by atoms with Crippen LogP contribution in [0, 0.1) is 6.92 Å². The maximum Gasteiger partial charge on any atom is 0.326 e. The van der Waals surface area contributed by atoms with Crippen molar-refractivity contribution >= 4 is 22.8 Å². The van der Waals surface area contributed by atoms with Gasteiger partial charge in [0, 0.05) is 24.0 Å². The molecule has 27 heavy (non-hydrogen) atoms. The van der Waals surface area contributed by atoms with Crippen LogP contribution in [-0.4, -0.2) is 56.9 Å². The Labute approximate surface area is 156 Å². The van der Waals surface area contributed by atoms with E-state index < -0.39 is 30.1 Å². The molecule has 8 heteroatoms. The van der Waals surface area contributed by atoms with Gasteiger partial charge in [-0.25, -0.2) is 4.79 Å². The number of para-hydroxylation sites is 1. The number of carboxylic acid groups (broad SMARTS) is 1. The van der Waals surface area contributed by atoms with E-state index >= 15 is 0 Å². The minimum Gasteiger partial charge on any atom is -0.480 e. The fraction of sp³-hybridized carbons (Fsp3) is 0.421. The number of aliphatic carboxylic acids is 1. The van der Waals surface area contributed by atoms with E-state index in [1.165, 1.54) is 0 Å². The number of rotatable bonds is 6. The molecule has 1 amide bonds. The summed E-state index contributed by atoms with van der Waals surface area (Å²) >= 11 is 0. The minimum absolute atomic E-state index is 0.0645. The Morgan fingerprint density at radius 3 is 2.78 bits per heavy atom. The molecule has 5 N–H and O–H groups in total. The lowest BCUT2D eigenvalue weighted by atomic mass is 9.99. The van der Waals surface area contributed by atoms with E-state index in [4.69, 9.17) is 0 Å². The molecule has 3 atom stereocenters. The summed E-state index contributed by atoms with van der Waals surface area (Å²) in [4.78, 5) is 28.5. The lowest BCUT2D eigenvalue weighted by molar-refractivity contribution is -0.142. The molecule has 8 nitrogen and oxygen atoms in total. The Kier molecular flexibility index (Phi) is 5.69. The average Bonchev–Trinajstić information content (AvgIpc) is 3.07. The molecule has 1 aromatic carbocycles. The Balaban J connectivity index is 1.85. The van der Waals surface area contributed by atoms with Crippen molar-refractivity contribution in [2.24, 2.45) is 0 Å². The van der Waals surface area contributed by atoms with Gasteiger partial charge < -0.3 is 26.0 Å². The maximum absolute atomic E-state index is 12.3. The first-order chi connectivity index (χ1) is 12.9. The number of benzene rings is 1. The van der Waals surface area contributed by atoms with Crippen LogP contribution in [0.3, 0.4) is 0 Å². The molecule has 0 saturated carbocycles. The van der Waals surface area contributed by atoms with Crippen LogP contribution in [0.5, 0.6) is 0 Å². The molecule has 3 rings (SSSR count). The highest BCUT2D eigenvalue weighted by Gasteiger charge is 2.31. The van der Waals surface area contributed by atoms with Gasteiger partial charge in [0.15, 0.2) is 0 Å². The number of hydrogen-bond donors (Lipinski definition) is 5. The highest BCUT2D eigenvalue weighted by molar-refractivity contribution is 5.89. The van der Waals surface area contributed by atoms with Gasteiger partial charge in [-0.3, -0.25) is 9.78 Å². The molecule has 2 heterocycles. The molecule has 0 radical (unpaired) electrons. The first-order valence-corrected chi connectivity index (χ1v) is 8.82. The number of aromatic nitrogens is 1. The molecular weight excluding hydrogens is 350 g/mol. The number of amides is 1. The maximum atomic E-state index is 12.3. The summed E-state index contributed by atoms with van der Waals surface area (Å²) < 4.78 is 0. The summed E-state index contributed by atoms with van der Waals surface area (Å²) in [6, 6.07) is 5.45. The van der Waals surface area contributed by atoms with E-state index in [-0.39, 0.29) is 19.4 Å². The first-order valence-electron chi connectivity index (χ1n) is 8.82. The summed E-state index contributed by atoms with van der Waals surface area (Å²) in [5.74, 6) is -1.59. The van der Waals surface area contributed by atoms with Crippen molar-refractivity contribution < 1.29 is 24.9 Å². The second-order valence-corrected chi connectivity index (χ2v) is 6.85. The number of carboxylic acids is 1. The number of carbonyl (C=O) groups is 2. The minimum atomic E-state index is -1.14. The number of carbonyl (C=O) groups excluding carboxylic acids is 1. The number of aryl methyl sites for hydroxylation is 1. The molecule has 0 bridgehead atoms. The van der Waals surface area contributed by atoms with Crippen LogP contribution in [0.15, 0.2) is 24.3 Å². The second kappa shape index (κ2) is 7.99. The van der Waals surface area contributed by atoms with Gasteiger partial charge in [0.2, 0.25) is 5.91 Å². The molecule has 1 aromatic heterocycles. The van der Waals surface area contributed by atoms with E-state index in [9.17, 15) is 24.9 Å². The van der Waals surface area contributed by atoms with E-state index in [0.29, 0.717) is 17.6 Å². The predicted molar refractivity (Wildman–Crippen MR) is 98.1 cm³/mol. The molecule has 0 aliphatic carbocycles. The van der Waals surface area contributed by atoms with Gasteiger partial charge in [-0.2, -0.15) is 0 Å². The van der Waals surface area contributed by atoms with Gasteiger partial charge >= 0.3 is 5.97 Å². The standard InChI is InChI=1S/C19H23N3O5/c1-10-5-12(9-23)14-4-2-3-11(17(14)21-10)6-16(19(26)27)22-18(25)15-7-13(24)8-20-15/h2-5,13,15-16,20,23-24H,6-9H2,1H3,(H,22,25)(H,26,27)/t13-,15+,16+/m1/s1. The first kappa shape index (κ1) is 19.2. The van der Waals surface area contributed by atoms with Crippen molar-refractivity contribution in [1.29, 1.82) is 0 Å². The largest absolute Gasteiger partial charge is 0.480 e. The van der Waals surface area contributed by atoms with Crippen LogP contribution in [0.25, 0.3) is 10.9 Å². The number of aliphatic hydroxyl groups excluding tert-OH is 2. The number of fused-ring (bicyclic) bond motifs is 1. The predicted octanol–water partition coefficient (Wildman–Crippen LogP) is -0.130. The lowest BCUT2D eigenvalue weighted by Crippen LogP contribution is -2.49. The third-order valence-corrected chi connectivity index (χ3v) is 4.77. The number of nitrogens with one attached hydrogen (secondary N) is 2. The molecule has 144 valence electrons. The molecule has 0 unspecified atom stereocenters. The number of pyridine rings is 1. The summed E-state index contributed by atoms with van der Waals surface area (Å²) in [5, 5.41) is 34.8. The molecule has 1 aliphatic heterocycles. The molecule has 1 fully saturated rings. The average molecular weight is 373 g/mol. The zero-order valence-corrected chi connectivity index (χ0v) is 15.0. The van der Waals surface area contributed by atoms with Crippen molar-refractivity contribution in [3.8, 4) is 0 Å². The number of aliphatic hydroxyl groups is 2. The Morgan fingerprint density at radius 1 is 1.37 bits per heavy atom. The summed E-state index contributed by atoms with van der Waals surface area (Å²) in [5.41, 5.74) is 2.74. The third kappa shape index (κ3) is 4.24. The molecule has 1 saturated heterocycles. The Hall–Kier alpha value is -2.55. The zero-order chi connectivity index (χ0) is 19.6. The number of β-amino-alcohol motifs (C(OH)–C–C–N with tert-alkyl or cyclic N) is 1. The van der Waals surface area contributed by atoms with Gasteiger partial charge in [0.1, 0.15) is 6.04 Å². The molecule has 0 spiro atoms. The van der Waals surface area contributed by atoms with Gasteiger partial charge in [0.05, 0.1) is 24.3 Å². The van der Waals surface area contributed by atoms with Crippen LogP contribution >= 0.6 is 0 Å². The summed E-state index contributed by atoms with van der Waals surface area (Å²) in [6.07, 6.45) is -0.284. The van der Waals surface area contributed by atoms with Crippen molar-refractivity contribution in [1.82, 2.24) is 15.6 Å². The van der Waals surface area contributed by atoms with Crippen LogP contribution < -0.4 is 10.6 Å². The van der Waals surface area contributed by atoms with Crippen molar-refractivity contribution in [2.75, 3.05) is 6.54 Å². The third-order valence-electron chi connectivity index (χ3n) is 4.77. The fourth-order valence-corrected chi connectivity index (χ4v) is 3.43. The zero-order valence-electron chi connectivity index (χ0n) is 15.0. The summed E-state index contributed by atoms with van der Waals surface area (Å²) in [7, 11) is 0. The van der Waals surface area contributed by atoms with Gasteiger partial charge in [0.25, 0.3) is 0 Å². The van der Waals surface area contributed by atoms with Crippen molar-refractivity contribution in [3.05, 3.63) is 41.1 Å². The number of hydrogen-bond acceptors (Lipinski definition) is 6. The van der Waals surface area contributed by atoms with E-state index in [0.717, 1.165) is 16.6 Å². The van der Waals surface area contributed by atoms with E-state index in [2.05, 4.69) is 15.6 Å². The normalized spacial score (nSPS) is 20.6. The van der Waals surface area contributed by atoms with Gasteiger partial charge in [-0.05, 0) is 30.5 Å². The van der Waals surface area contributed by atoms with Gasteiger partial charge in [-0.15, -0.1) is 0 Å². The Morgan fingerprint density at radius 2 is 2.15 bits per heavy atom. The smallest absolute Gasteiger partial charge is 0.326 e. The van der Waals surface area contributed by atoms with E-state index in [1.807, 2.05) is 13.0 Å². The monoisotopic (exact) mass is 373 g/mol. The van der Waals surface area contributed by atoms with Crippen LogP contribution in [0.2, 0.25) is 0 Å². The fourth-order valence-electron chi connectivity index (χ4n) is 3.43. The summed E-state index contributed by atoms with van der Waals surface area (Å²) in [6.45, 7) is 1.98. The van der Waals surface area contributed by atoms with Crippen LogP contribution in [-0.2, 0) is 22.6 Å². The molecule has 2 aromatic rings. The quantitative estimate of drug-likeness (QED) is 0.476. The van der Waals surface area contributed by atoms with Crippen LogP contribution in [0.1, 0.15) is 23.2 Å². The number of nitrogens with zero attached hydrogens (tertiary/aromatic N) is 1. The highest BCUT2D eigenvalue weighted by Crippen LogP contribution is 2.23. The highest BCUT2D eigenvalue weighted by atomic mass is 16.4. The van der Waals surface area contributed by atoms with Crippen molar-refractivity contribution in [2.45, 2.75) is 44.6 Å². The molecular formula is C19H23N3O5. The van der Waals surface area contributed by atoms with Gasteiger partial charge in [-0.1, -0.05) is 18.2 Å². The van der Waals surface area contributed by atoms with Crippen molar-refractivity contribution in [3.63, 3.8) is 0 Å². The second-order valence-electron chi connectivity index (χ2n) is 6.85. The SMILES string of the molecule is Cc1cc(CO)c2cccc(C[C@H](NC(=O)[C@@H]3C[C@@H](O)CN3)C(=O)O)c2n1. The van der Waals surface area contributed by atoms with Crippen LogP contribution in [0.4, 0.5) is 0 Å². The van der Waals surface area contributed by atoms with E-state index in [1.54, 1.807) is 18.2 Å². The lowest BCUT2D eigenvalue weighted by Gasteiger charge is -2.18.